The first kappa shape index (κ1) is 87.9. The zero-order chi connectivity index (χ0) is 89.1. The molecule has 22 rings (SSSR count). The highest BCUT2D eigenvalue weighted by Gasteiger charge is 2.17. The van der Waals surface area contributed by atoms with E-state index >= 15 is 0 Å². The van der Waals surface area contributed by atoms with Crippen molar-refractivity contribution in [2.75, 3.05) is 0 Å². The Balaban J connectivity index is 0.000000117. The molecule has 130 heavy (non-hydrogen) atoms. The van der Waals surface area contributed by atoms with E-state index in [0.717, 1.165) is 35.7 Å². The minimum absolute atomic E-state index is 0.498. The number of halogens is 3. The van der Waals surface area contributed by atoms with Crippen molar-refractivity contribution < 1.29 is 20.1 Å². The first-order chi connectivity index (χ1) is 63.7. The second-order valence-electron chi connectivity index (χ2n) is 31.9. The smallest absolute Gasteiger partial charge is 0.423 e. The molecule has 0 bridgehead atoms. The van der Waals surface area contributed by atoms with Crippen molar-refractivity contribution in [3.05, 3.63) is 516 Å². The van der Waals surface area contributed by atoms with Crippen molar-refractivity contribution in [3.8, 4) is 111 Å². The predicted octanol–water partition coefficient (Wildman–Crippen LogP) is 31.7. The molecule has 0 heterocycles. The van der Waals surface area contributed by atoms with Crippen LogP contribution in [0.5, 0.6) is 0 Å². The quantitative estimate of drug-likeness (QED) is 0.0726. The van der Waals surface area contributed by atoms with Gasteiger partial charge in [-0.3, -0.25) is 0 Å². The molecule has 0 fully saturated rings. The van der Waals surface area contributed by atoms with Crippen molar-refractivity contribution in [1.82, 2.24) is 0 Å². The largest absolute Gasteiger partial charge is 0.488 e. The summed E-state index contributed by atoms with van der Waals surface area (Å²) in [7, 11) is -2.78. The molecule has 0 atom stereocenters. The Kier molecular flexibility index (Phi) is 28.5. The Labute approximate surface area is 785 Å². The topological polar surface area (TPSA) is 80.9 Å². The van der Waals surface area contributed by atoms with Crippen LogP contribution in [0.15, 0.2) is 511 Å². The van der Waals surface area contributed by atoms with Crippen LogP contribution in [0.25, 0.3) is 176 Å². The summed E-state index contributed by atoms with van der Waals surface area (Å²) in [6.07, 6.45) is 0. The normalized spacial score (nSPS) is 10.8. The van der Waals surface area contributed by atoms with Gasteiger partial charge in [0.1, 0.15) is 0 Å². The molecular formula is C121H89B2Br3O4. The Bertz CT molecular complexity index is 7570. The van der Waals surface area contributed by atoms with E-state index in [1.807, 2.05) is 84.9 Å². The summed E-state index contributed by atoms with van der Waals surface area (Å²) in [6.45, 7) is 2.15. The van der Waals surface area contributed by atoms with Crippen LogP contribution in [-0.2, 0) is 0 Å². The fourth-order valence-corrected chi connectivity index (χ4v) is 18.0. The molecule has 0 saturated carbocycles. The molecule has 0 saturated heterocycles. The van der Waals surface area contributed by atoms with Crippen LogP contribution < -0.4 is 10.9 Å². The van der Waals surface area contributed by atoms with Crippen LogP contribution in [0, 0.1) is 6.92 Å². The molecule has 0 aliphatic carbocycles. The number of rotatable bonds is 12. The number of fused-ring (bicyclic) bond motifs is 12. The molecule has 0 spiro atoms. The van der Waals surface area contributed by atoms with E-state index in [-0.39, 0.29) is 0 Å². The second kappa shape index (κ2) is 42.2. The van der Waals surface area contributed by atoms with Gasteiger partial charge in [-0.25, -0.2) is 0 Å². The fraction of sp³-hybridized carbons (Fsp3) is 0.00826. The average molecular weight is 1870 g/mol. The Morgan fingerprint density at radius 2 is 0.323 bits per heavy atom. The van der Waals surface area contributed by atoms with Gasteiger partial charge in [-0.1, -0.05) is 472 Å². The molecule has 0 unspecified atom stereocenters. The third-order valence-electron chi connectivity index (χ3n) is 23.2. The van der Waals surface area contributed by atoms with Gasteiger partial charge < -0.3 is 20.1 Å². The first-order valence-electron chi connectivity index (χ1n) is 43.3. The minimum atomic E-state index is -1.44. The van der Waals surface area contributed by atoms with Crippen molar-refractivity contribution >= 4 is 138 Å². The second-order valence-corrected chi connectivity index (χ2v) is 34.6. The summed E-state index contributed by atoms with van der Waals surface area (Å²) in [5, 5.41) is 51.5. The maximum absolute atomic E-state index is 9.28. The maximum Gasteiger partial charge on any atom is 0.488 e. The van der Waals surface area contributed by atoms with Crippen LogP contribution in [0.3, 0.4) is 0 Å². The summed E-state index contributed by atoms with van der Waals surface area (Å²) >= 11 is 10.5. The molecule has 0 aliphatic heterocycles. The van der Waals surface area contributed by atoms with E-state index in [1.54, 1.807) is 36.4 Å². The third kappa shape index (κ3) is 21.5. The lowest BCUT2D eigenvalue weighted by atomic mass is 9.79. The SMILES string of the molecule is Brc1cccc(-c2cccc(-c3ccccc3)c2)c1.Brc1cccc(-c2cccc(Br)c2)c1.Cc1cccc(-c2ccc3c4ccccc4c4ccccc4c3c2)c1.OB(O)c1cccc(-c2cccc(-c3ccccc3)c2)c1.OB(O)c1ccccc1.c1ccc(-c2cccc(-c3cccc(-c4cccc(-c5ccc6c7ccccc7c7ccccc7c6c5)c4)c3)c2)cc1. The molecule has 0 aliphatic rings. The first-order valence-corrected chi connectivity index (χ1v) is 45.7. The summed E-state index contributed by atoms with van der Waals surface area (Å²) in [5.74, 6) is 0. The highest BCUT2D eigenvalue weighted by atomic mass is 79.9. The van der Waals surface area contributed by atoms with Crippen LogP contribution in [0.1, 0.15) is 5.56 Å². The lowest BCUT2D eigenvalue weighted by Crippen LogP contribution is -2.29. The number of aryl methyl sites for hydroxylation is 1. The van der Waals surface area contributed by atoms with Crippen LogP contribution in [-0.4, -0.2) is 34.3 Å². The molecule has 9 heteroatoms. The molecule has 0 aromatic heterocycles. The van der Waals surface area contributed by atoms with Crippen molar-refractivity contribution in [1.29, 1.82) is 0 Å². The fourth-order valence-electron chi connectivity index (χ4n) is 16.8. The van der Waals surface area contributed by atoms with Gasteiger partial charge in [0.2, 0.25) is 0 Å². The van der Waals surface area contributed by atoms with Crippen molar-refractivity contribution in [2.45, 2.75) is 6.92 Å². The monoisotopic (exact) mass is 1860 g/mol. The van der Waals surface area contributed by atoms with E-state index in [1.165, 1.54) is 159 Å². The summed E-state index contributed by atoms with van der Waals surface area (Å²) in [6, 6.07) is 173. The molecule has 4 N–H and O–H groups in total. The van der Waals surface area contributed by atoms with Crippen LogP contribution in [0.2, 0.25) is 0 Å². The predicted molar refractivity (Wildman–Crippen MR) is 566 cm³/mol. The lowest BCUT2D eigenvalue weighted by molar-refractivity contribution is 0.424. The molecular weight excluding hydrogens is 1780 g/mol. The highest BCUT2D eigenvalue weighted by Crippen LogP contribution is 2.42. The summed E-state index contributed by atoms with van der Waals surface area (Å²) in [5.41, 5.74) is 26.4. The highest BCUT2D eigenvalue weighted by molar-refractivity contribution is 9.11. The van der Waals surface area contributed by atoms with Gasteiger partial charge in [-0.05, 0) is 273 Å². The van der Waals surface area contributed by atoms with Crippen LogP contribution >= 0.6 is 47.8 Å². The molecule has 22 aromatic carbocycles. The van der Waals surface area contributed by atoms with E-state index in [0.29, 0.717) is 10.9 Å². The number of benzene rings is 22. The Morgan fingerprint density at radius 1 is 0.138 bits per heavy atom. The van der Waals surface area contributed by atoms with Crippen LogP contribution in [0.4, 0.5) is 0 Å². The van der Waals surface area contributed by atoms with E-state index in [4.69, 9.17) is 10.0 Å². The maximum atomic E-state index is 9.28. The molecule has 624 valence electrons. The Morgan fingerprint density at radius 3 is 0.585 bits per heavy atom. The van der Waals surface area contributed by atoms with Gasteiger partial charge in [-0.2, -0.15) is 0 Å². The zero-order valence-electron chi connectivity index (χ0n) is 71.4. The van der Waals surface area contributed by atoms with Gasteiger partial charge in [0.05, 0.1) is 0 Å². The zero-order valence-corrected chi connectivity index (χ0v) is 76.2. The van der Waals surface area contributed by atoms with E-state index in [9.17, 15) is 10.0 Å². The van der Waals surface area contributed by atoms with Crippen molar-refractivity contribution in [2.24, 2.45) is 0 Å². The standard InChI is InChI=1S/C42H28.C25H18.C18H15BO2.C18H13Br.C12H8Br2.C6H7BO2/c1-2-11-29(12-3-1)30-13-8-14-31(25-30)32-15-9-16-33(26-32)34-17-10-18-35(27-34)36-23-24-41-39-21-5-4-19-37(39)38-20-6-7-22-40(38)42(41)28-36;1-17-7-6-8-18(15-17)19-13-14-24-22-11-3-2-9-20(22)21-10-4-5-12-23(21)25(24)16-19;20-19(21)18-11-5-10-17(13-18)16-9-4-8-15(12-16)14-6-2-1-3-7-14;19-18-11-5-10-17(13-18)16-9-4-8-15(12-16)14-6-2-1-3-7-14;13-11-5-1-3-9(7-11)10-4-2-6-12(14)8-10;8-7(9)6-4-2-1-3-5-6/h1-28H;2-16H,1H3;1-13,20-21H;1-13H;1-8H;1-5,8-9H. The summed E-state index contributed by atoms with van der Waals surface area (Å²) < 4.78 is 3.32. The number of hydrogen-bond donors (Lipinski definition) is 4. The van der Waals surface area contributed by atoms with Gasteiger partial charge in [0.15, 0.2) is 0 Å². The Hall–Kier alpha value is -14.2. The molecule has 0 radical (unpaired) electrons. The van der Waals surface area contributed by atoms with E-state index in [2.05, 4.69) is 431 Å². The van der Waals surface area contributed by atoms with Gasteiger partial charge in [0.25, 0.3) is 0 Å². The molecule has 22 aromatic rings. The van der Waals surface area contributed by atoms with Gasteiger partial charge in [0, 0.05) is 13.4 Å². The lowest BCUT2D eigenvalue weighted by Gasteiger charge is -2.13. The number of hydrogen-bond acceptors (Lipinski definition) is 4. The van der Waals surface area contributed by atoms with E-state index < -0.39 is 14.2 Å². The third-order valence-corrected chi connectivity index (χ3v) is 24.7. The minimum Gasteiger partial charge on any atom is -0.423 e. The molecule has 0 amide bonds. The summed E-state index contributed by atoms with van der Waals surface area (Å²) in [4.78, 5) is 0. The molecule has 4 nitrogen and oxygen atoms in total. The average Bonchev–Trinajstić information content (AvgIpc) is 0.744. The van der Waals surface area contributed by atoms with Gasteiger partial charge in [-0.15, -0.1) is 0 Å². The van der Waals surface area contributed by atoms with Gasteiger partial charge >= 0.3 is 14.2 Å². The van der Waals surface area contributed by atoms with Crippen molar-refractivity contribution in [3.63, 3.8) is 0 Å².